The predicted molar refractivity (Wildman–Crippen MR) is 59.5 cm³/mol. The summed E-state index contributed by atoms with van der Waals surface area (Å²) in [7, 11) is 3.54. The molecule has 0 saturated carbocycles. The number of carbonyl (C=O) groups excluding carboxylic acids is 3. The molecule has 8 nitrogen and oxygen atoms in total. The molecule has 0 bridgehead atoms. The molecule has 8 heteroatoms. The van der Waals surface area contributed by atoms with Gasteiger partial charge in [-0.25, -0.2) is 4.79 Å². The maximum Gasteiger partial charge on any atom is 0.330 e. The van der Waals surface area contributed by atoms with Crippen molar-refractivity contribution >= 4 is 23.8 Å². The molecule has 2 N–H and O–H groups in total. The van der Waals surface area contributed by atoms with Gasteiger partial charge in [0.05, 0.1) is 6.42 Å². The first-order valence-electron chi connectivity index (χ1n) is 5.35. The number of imide groups is 2. The fourth-order valence-electron chi connectivity index (χ4n) is 1.53. The number of hydrogen-bond acceptors (Lipinski definition) is 5. The van der Waals surface area contributed by atoms with Gasteiger partial charge in [-0.1, -0.05) is 0 Å². The number of hydrogen-bond donors (Lipinski definition) is 2. The van der Waals surface area contributed by atoms with Gasteiger partial charge in [0.2, 0.25) is 11.8 Å². The summed E-state index contributed by atoms with van der Waals surface area (Å²) in [5.74, 6) is -4.20. The van der Waals surface area contributed by atoms with Gasteiger partial charge in [0.15, 0.2) is 0 Å². The highest BCUT2D eigenvalue weighted by atomic mass is 16.4. The first-order chi connectivity index (χ1) is 8.32. The van der Waals surface area contributed by atoms with E-state index in [1.807, 2.05) is 5.32 Å². The van der Waals surface area contributed by atoms with Crippen LogP contribution in [0.2, 0.25) is 0 Å². The Bertz CT molecular complexity index is 393. The van der Waals surface area contributed by atoms with Crippen LogP contribution in [0.5, 0.6) is 0 Å². The number of carboxylic acids is 1. The number of carboxylic acid groups (broad SMARTS) is 1. The average Bonchev–Trinajstić information content (AvgIpc) is 2.23. The number of aliphatic carboxylic acids is 1. The lowest BCUT2D eigenvalue weighted by molar-refractivity contribution is -0.149. The number of rotatable bonds is 5. The molecular weight excluding hydrogens is 242 g/mol. The zero-order valence-corrected chi connectivity index (χ0v) is 10.2. The Morgan fingerprint density at radius 3 is 2.50 bits per heavy atom. The SMILES string of the molecule is CN(C)CCN1C(=O)NC(=O)C(CC(=O)O)C1=O. The predicted octanol–water partition coefficient (Wildman–Crippen LogP) is -1.28. The molecule has 1 aliphatic rings. The van der Waals surface area contributed by atoms with E-state index in [1.54, 1.807) is 19.0 Å². The summed E-state index contributed by atoms with van der Waals surface area (Å²) in [5.41, 5.74) is 0. The van der Waals surface area contributed by atoms with E-state index in [0.29, 0.717) is 6.54 Å². The zero-order chi connectivity index (χ0) is 13.9. The van der Waals surface area contributed by atoms with Crippen molar-refractivity contribution in [2.24, 2.45) is 5.92 Å². The van der Waals surface area contributed by atoms with Crippen molar-refractivity contribution in [2.45, 2.75) is 6.42 Å². The van der Waals surface area contributed by atoms with E-state index in [4.69, 9.17) is 5.11 Å². The van der Waals surface area contributed by atoms with Crippen molar-refractivity contribution in [2.75, 3.05) is 27.2 Å². The van der Waals surface area contributed by atoms with Gasteiger partial charge >= 0.3 is 12.0 Å². The molecule has 1 aliphatic heterocycles. The van der Waals surface area contributed by atoms with Crippen LogP contribution in [-0.2, 0) is 14.4 Å². The second-order valence-corrected chi connectivity index (χ2v) is 4.24. The van der Waals surface area contributed by atoms with Crippen LogP contribution in [0.3, 0.4) is 0 Å². The van der Waals surface area contributed by atoms with Crippen molar-refractivity contribution < 1.29 is 24.3 Å². The van der Waals surface area contributed by atoms with Crippen molar-refractivity contribution in [3.8, 4) is 0 Å². The monoisotopic (exact) mass is 257 g/mol. The highest BCUT2D eigenvalue weighted by molar-refractivity contribution is 6.17. The maximum atomic E-state index is 11.9. The van der Waals surface area contributed by atoms with E-state index < -0.39 is 36.2 Å². The van der Waals surface area contributed by atoms with E-state index in [0.717, 1.165) is 4.90 Å². The van der Waals surface area contributed by atoms with Crippen molar-refractivity contribution in [1.82, 2.24) is 15.1 Å². The van der Waals surface area contributed by atoms with E-state index in [1.165, 1.54) is 0 Å². The molecule has 1 unspecified atom stereocenters. The standard InChI is InChI=1S/C10H15N3O5/c1-12(2)3-4-13-9(17)6(5-7(14)15)8(16)11-10(13)18/h6H,3-5H2,1-2H3,(H,14,15)(H,11,16,18). The van der Waals surface area contributed by atoms with Gasteiger partial charge in [0, 0.05) is 13.1 Å². The Labute approximate surface area is 104 Å². The molecule has 18 heavy (non-hydrogen) atoms. The molecule has 1 heterocycles. The summed E-state index contributed by atoms with van der Waals surface area (Å²) in [6, 6.07) is -0.798. The second-order valence-electron chi connectivity index (χ2n) is 4.24. The third kappa shape index (κ3) is 3.27. The summed E-state index contributed by atoms with van der Waals surface area (Å²) in [6.45, 7) is 0.550. The largest absolute Gasteiger partial charge is 0.481 e. The Hall–Kier alpha value is -1.96. The highest BCUT2D eigenvalue weighted by Gasteiger charge is 2.41. The number of likely N-dealkylation sites (N-methyl/N-ethyl adjacent to an activating group) is 1. The van der Waals surface area contributed by atoms with Crippen molar-refractivity contribution in [3.05, 3.63) is 0 Å². The normalized spacial score (nSPS) is 20.3. The molecule has 1 atom stereocenters. The first kappa shape index (κ1) is 14.1. The Kier molecular flexibility index (Phi) is 4.38. The minimum Gasteiger partial charge on any atom is -0.481 e. The number of carbonyl (C=O) groups is 4. The maximum absolute atomic E-state index is 11.9. The lowest BCUT2D eigenvalue weighted by Gasteiger charge is -2.30. The number of barbiturate groups is 1. The number of amides is 4. The van der Waals surface area contributed by atoms with Crippen LogP contribution in [0.1, 0.15) is 6.42 Å². The average molecular weight is 257 g/mol. The zero-order valence-electron chi connectivity index (χ0n) is 10.2. The van der Waals surface area contributed by atoms with Crippen LogP contribution in [0.4, 0.5) is 4.79 Å². The van der Waals surface area contributed by atoms with Gasteiger partial charge in [-0.2, -0.15) is 0 Å². The second kappa shape index (κ2) is 5.58. The van der Waals surface area contributed by atoms with Crippen LogP contribution in [0.15, 0.2) is 0 Å². The topological polar surface area (TPSA) is 107 Å². The third-order valence-corrected chi connectivity index (χ3v) is 2.51. The van der Waals surface area contributed by atoms with Crippen LogP contribution in [-0.4, -0.2) is 65.9 Å². The Morgan fingerprint density at radius 2 is 2.00 bits per heavy atom. The number of nitrogens with one attached hydrogen (secondary N) is 1. The lowest BCUT2D eigenvalue weighted by Crippen LogP contribution is -2.59. The van der Waals surface area contributed by atoms with Crippen molar-refractivity contribution in [1.29, 1.82) is 0 Å². The van der Waals surface area contributed by atoms with Gasteiger partial charge in [-0.05, 0) is 14.1 Å². The van der Waals surface area contributed by atoms with Gasteiger partial charge in [-0.15, -0.1) is 0 Å². The Morgan fingerprint density at radius 1 is 1.39 bits per heavy atom. The van der Waals surface area contributed by atoms with Gasteiger partial charge < -0.3 is 10.0 Å². The minimum atomic E-state index is -1.33. The van der Waals surface area contributed by atoms with Crippen LogP contribution in [0.25, 0.3) is 0 Å². The molecule has 0 aromatic rings. The molecule has 0 aliphatic carbocycles. The number of nitrogens with zero attached hydrogens (tertiary/aromatic N) is 2. The van der Waals surface area contributed by atoms with Crippen LogP contribution in [0, 0.1) is 5.92 Å². The van der Waals surface area contributed by atoms with Gasteiger partial charge in [-0.3, -0.25) is 24.6 Å². The van der Waals surface area contributed by atoms with E-state index in [9.17, 15) is 19.2 Å². The van der Waals surface area contributed by atoms with Gasteiger partial charge in [0.25, 0.3) is 0 Å². The Balaban J connectivity index is 2.78. The summed E-state index contributed by atoms with van der Waals surface area (Å²) >= 11 is 0. The molecule has 0 aromatic heterocycles. The number of urea groups is 1. The van der Waals surface area contributed by atoms with Gasteiger partial charge in [0.1, 0.15) is 5.92 Å². The van der Waals surface area contributed by atoms with Crippen molar-refractivity contribution in [3.63, 3.8) is 0 Å². The summed E-state index contributed by atoms with van der Waals surface area (Å²) < 4.78 is 0. The molecular formula is C10H15N3O5. The molecule has 1 fully saturated rings. The molecule has 1 saturated heterocycles. The van der Waals surface area contributed by atoms with Crippen LogP contribution < -0.4 is 5.32 Å². The van der Waals surface area contributed by atoms with E-state index >= 15 is 0 Å². The summed E-state index contributed by atoms with van der Waals surface area (Å²) in [6.07, 6.45) is -0.615. The molecule has 4 amide bonds. The quantitative estimate of drug-likeness (QED) is 0.594. The minimum absolute atomic E-state index is 0.112. The van der Waals surface area contributed by atoms with E-state index in [-0.39, 0.29) is 6.54 Å². The molecule has 0 aromatic carbocycles. The fourth-order valence-corrected chi connectivity index (χ4v) is 1.53. The molecule has 0 spiro atoms. The van der Waals surface area contributed by atoms with E-state index in [2.05, 4.69) is 0 Å². The summed E-state index contributed by atoms with van der Waals surface area (Å²) in [5, 5.41) is 10.6. The van der Waals surface area contributed by atoms with Crippen LogP contribution >= 0.6 is 0 Å². The highest BCUT2D eigenvalue weighted by Crippen LogP contribution is 2.14. The fraction of sp³-hybridized carbons (Fsp3) is 0.600. The summed E-state index contributed by atoms with van der Waals surface area (Å²) in [4.78, 5) is 47.9. The molecule has 0 radical (unpaired) electrons. The first-order valence-corrected chi connectivity index (χ1v) is 5.35. The molecule has 100 valence electrons. The third-order valence-electron chi connectivity index (χ3n) is 2.51. The lowest BCUT2D eigenvalue weighted by atomic mass is 10.0. The smallest absolute Gasteiger partial charge is 0.330 e. The molecule has 1 rings (SSSR count).